The summed E-state index contributed by atoms with van der Waals surface area (Å²) in [7, 11) is 1.91. The number of halogens is 1. The number of aryl methyl sites for hydroxylation is 1. The van der Waals surface area contributed by atoms with Gasteiger partial charge in [-0.25, -0.2) is 0 Å². The number of likely N-dealkylation sites (tertiary alicyclic amines) is 2. The van der Waals surface area contributed by atoms with E-state index in [0.717, 1.165) is 37.9 Å². The van der Waals surface area contributed by atoms with Gasteiger partial charge in [-0.05, 0) is 55.8 Å². The summed E-state index contributed by atoms with van der Waals surface area (Å²) in [6, 6.07) is 8.71. The second-order valence-electron chi connectivity index (χ2n) is 7.49. The lowest BCUT2D eigenvalue weighted by atomic mass is 10.1. The molecule has 0 radical (unpaired) electrons. The number of nitrogens with zero attached hydrogens (tertiary/aromatic N) is 3. The zero-order chi connectivity index (χ0) is 17.5. The molecule has 1 aromatic carbocycles. The summed E-state index contributed by atoms with van der Waals surface area (Å²) in [6.45, 7) is 9.24. The Morgan fingerprint density at radius 3 is 2.54 bits per heavy atom. The third-order valence-corrected chi connectivity index (χ3v) is 5.70. The Hall–Kier alpha value is -0.820. The first-order chi connectivity index (χ1) is 12.3. The molecule has 1 unspecified atom stereocenters. The molecule has 26 heavy (non-hydrogen) atoms. The maximum Gasteiger partial charge on any atom is 0.193 e. The molecule has 2 heterocycles. The van der Waals surface area contributed by atoms with Crippen molar-refractivity contribution in [3.8, 4) is 0 Å². The van der Waals surface area contributed by atoms with Crippen LogP contribution >= 0.6 is 24.0 Å². The lowest BCUT2D eigenvalue weighted by Gasteiger charge is -2.29. The van der Waals surface area contributed by atoms with Crippen molar-refractivity contribution >= 4 is 29.9 Å². The zero-order valence-electron chi connectivity index (χ0n) is 16.4. The van der Waals surface area contributed by atoms with Crippen LogP contribution in [0.2, 0.25) is 0 Å². The second-order valence-corrected chi connectivity index (χ2v) is 7.49. The standard InChI is InChI=1S/C21H34N4.HI/c1-3-19-9-5-6-10-20(19)15-23-21(22-2)25-14-11-18(17-25)16-24-12-7-4-8-13-24;/h5-6,9-10,18H,3-4,7-8,11-17H2,1-2H3,(H,22,23);1H. The molecule has 146 valence electrons. The van der Waals surface area contributed by atoms with Gasteiger partial charge >= 0.3 is 0 Å². The van der Waals surface area contributed by atoms with Gasteiger partial charge in [0.15, 0.2) is 5.96 Å². The average molecular weight is 470 g/mol. The smallest absolute Gasteiger partial charge is 0.193 e. The second kappa shape index (κ2) is 11.1. The van der Waals surface area contributed by atoms with E-state index in [4.69, 9.17) is 0 Å². The number of benzene rings is 1. The molecule has 2 fully saturated rings. The molecule has 0 aromatic heterocycles. The SMILES string of the molecule is CCc1ccccc1CNC(=NC)N1CCC(CN2CCCCC2)C1.I. The van der Waals surface area contributed by atoms with Crippen LogP contribution in [0.3, 0.4) is 0 Å². The van der Waals surface area contributed by atoms with Crippen LogP contribution in [0.25, 0.3) is 0 Å². The highest BCUT2D eigenvalue weighted by Gasteiger charge is 2.26. The number of guanidine groups is 1. The molecule has 0 bridgehead atoms. The van der Waals surface area contributed by atoms with Crippen molar-refractivity contribution in [3.05, 3.63) is 35.4 Å². The van der Waals surface area contributed by atoms with E-state index in [0.29, 0.717) is 0 Å². The molecule has 1 N–H and O–H groups in total. The molecule has 0 spiro atoms. The Morgan fingerprint density at radius 2 is 1.85 bits per heavy atom. The first kappa shape index (κ1) is 21.5. The minimum absolute atomic E-state index is 0. The zero-order valence-corrected chi connectivity index (χ0v) is 18.7. The van der Waals surface area contributed by atoms with Gasteiger partial charge in [-0.2, -0.15) is 0 Å². The predicted octanol–water partition coefficient (Wildman–Crippen LogP) is 3.75. The molecule has 0 aliphatic carbocycles. The average Bonchev–Trinajstić information content (AvgIpc) is 3.11. The van der Waals surface area contributed by atoms with Crippen LogP contribution in [0.5, 0.6) is 0 Å². The quantitative estimate of drug-likeness (QED) is 0.404. The van der Waals surface area contributed by atoms with Crippen LogP contribution in [-0.2, 0) is 13.0 Å². The molecule has 3 rings (SSSR count). The first-order valence-electron chi connectivity index (χ1n) is 10.0. The third kappa shape index (κ3) is 5.84. The fraction of sp³-hybridized carbons (Fsp3) is 0.667. The molecule has 0 saturated carbocycles. The van der Waals surface area contributed by atoms with Gasteiger partial charge in [0.2, 0.25) is 0 Å². The van der Waals surface area contributed by atoms with Crippen molar-refractivity contribution < 1.29 is 0 Å². The highest BCUT2D eigenvalue weighted by atomic mass is 127. The van der Waals surface area contributed by atoms with E-state index in [2.05, 4.69) is 51.3 Å². The van der Waals surface area contributed by atoms with E-state index in [-0.39, 0.29) is 24.0 Å². The van der Waals surface area contributed by atoms with E-state index in [1.54, 1.807) is 0 Å². The first-order valence-corrected chi connectivity index (χ1v) is 10.0. The van der Waals surface area contributed by atoms with Gasteiger partial charge in [0, 0.05) is 33.2 Å². The van der Waals surface area contributed by atoms with Gasteiger partial charge in [-0.15, -0.1) is 24.0 Å². The summed E-state index contributed by atoms with van der Waals surface area (Å²) in [5.41, 5.74) is 2.81. The molecule has 0 amide bonds. The fourth-order valence-corrected chi connectivity index (χ4v) is 4.26. The Kier molecular flexibility index (Phi) is 9.19. The van der Waals surface area contributed by atoms with Crippen LogP contribution in [0.4, 0.5) is 0 Å². The summed E-state index contributed by atoms with van der Waals surface area (Å²) in [5, 5.41) is 3.59. The maximum atomic E-state index is 4.54. The van der Waals surface area contributed by atoms with Gasteiger partial charge in [0.1, 0.15) is 0 Å². The summed E-state index contributed by atoms with van der Waals surface area (Å²) in [5.74, 6) is 1.85. The van der Waals surface area contributed by atoms with E-state index in [9.17, 15) is 0 Å². The van der Waals surface area contributed by atoms with Crippen LogP contribution in [0.15, 0.2) is 29.3 Å². The topological polar surface area (TPSA) is 30.9 Å². The van der Waals surface area contributed by atoms with E-state index >= 15 is 0 Å². The Bertz CT molecular complexity index is 569. The predicted molar refractivity (Wildman–Crippen MR) is 121 cm³/mol. The lowest BCUT2D eigenvalue weighted by molar-refractivity contribution is 0.198. The Balaban J connectivity index is 0.00000243. The summed E-state index contributed by atoms with van der Waals surface area (Å²) in [4.78, 5) is 9.66. The fourth-order valence-electron chi connectivity index (χ4n) is 4.26. The van der Waals surface area contributed by atoms with Gasteiger partial charge in [-0.1, -0.05) is 37.6 Å². The van der Waals surface area contributed by atoms with Crippen molar-refractivity contribution in [2.45, 2.75) is 45.6 Å². The summed E-state index contributed by atoms with van der Waals surface area (Å²) < 4.78 is 0. The summed E-state index contributed by atoms with van der Waals surface area (Å²) in [6.07, 6.45) is 6.57. The van der Waals surface area contributed by atoms with Crippen LogP contribution < -0.4 is 5.32 Å². The maximum absolute atomic E-state index is 4.54. The molecular formula is C21H35IN4. The number of nitrogens with one attached hydrogen (secondary N) is 1. The highest BCUT2D eigenvalue weighted by Crippen LogP contribution is 2.20. The van der Waals surface area contributed by atoms with Crippen molar-refractivity contribution in [2.24, 2.45) is 10.9 Å². The van der Waals surface area contributed by atoms with E-state index in [1.165, 1.54) is 56.4 Å². The molecule has 1 atom stereocenters. The van der Waals surface area contributed by atoms with Crippen LogP contribution in [-0.4, -0.2) is 55.5 Å². The van der Waals surface area contributed by atoms with Gasteiger partial charge in [0.25, 0.3) is 0 Å². The van der Waals surface area contributed by atoms with Crippen molar-refractivity contribution in [1.29, 1.82) is 0 Å². The van der Waals surface area contributed by atoms with Crippen LogP contribution in [0, 0.1) is 5.92 Å². The van der Waals surface area contributed by atoms with Gasteiger partial charge in [0.05, 0.1) is 0 Å². The number of hydrogen-bond donors (Lipinski definition) is 1. The highest BCUT2D eigenvalue weighted by molar-refractivity contribution is 14.0. The normalized spacial score (nSPS) is 21.5. The molecule has 2 aliphatic heterocycles. The number of hydrogen-bond acceptors (Lipinski definition) is 2. The number of aliphatic imine (C=N–C) groups is 1. The van der Waals surface area contributed by atoms with Crippen molar-refractivity contribution in [2.75, 3.05) is 39.8 Å². The third-order valence-electron chi connectivity index (χ3n) is 5.70. The molecule has 2 aliphatic rings. The minimum atomic E-state index is 0. The van der Waals surface area contributed by atoms with E-state index in [1.807, 2.05) is 7.05 Å². The van der Waals surface area contributed by atoms with Crippen LogP contribution in [0.1, 0.15) is 43.7 Å². The monoisotopic (exact) mass is 470 g/mol. The Morgan fingerprint density at radius 1 is 1.12 bits per heavy atom. The molecule has 2 saturated heterocycles. The molecule has 5 heteroatoms. The van der Waals surface area contributed by atoms with E-state index < -0.39 is 0 Å². The molecule has 4 nitrogen and oxygen atoms in total. The Labute approximate surface area is 176 Å². The summed E-state index contributed by atoms with van der Waals surface area (Å²) >= 11 is 0. The van der Waals surface area contributed by atoms with Crippen molar-refractivity contribution in [3.63, 3.8) is 0 Å². The van der Waals surface area contributed by atoms with Gasteiger partial charge in [-0.3, -0.25) is 4.99 Å². The number of rotatable bonds is 5. The lowest BCUT2D eigenvalue weighted by Crippen LogP contribution is -2.41. The number of piperidine rings is 1. The molecular weight excluding hydrogens is 435 g/mol. The molecule has 1 aromatic rings. The largest absolute Gasteiger partial charge is 0.352 e. The van der Waals surface area contributed by atoms with Crippen molar-refractivity contribution in [1.82, 2.24) is 15.1 Å². The minimum Gasteiger partial charge on any atom is -0.352 e. The van der Waals surface area contributed by atoms with Gasteiger partial charge < -0.3 is 15.1 Å².